The Morgan fingerprint density at radius 1 is 1.12 bits per heavy atom. The summed E-state index contributed by atoms with van der Waals surface area (Å²) in [6, 6.07) is 4.02. The minimum Gasteiger partial charge on any atom is -0.493 e. The first-order valence-corrected chi connectivity index (χ1v) is 9.22. The zero-order valence-corrected chi connectivity index (χ0v) is 14.9. The zero-order chi connectivity index (χ0) is 17.5. The van der Waals surface area contributed by atoms with Gasteiger partial charge in [0.15, 0.2) is 11.5 Å². The van der Waals surface area contributed by atoms with Gasteiger partial charge in [-0.05, 0) is 36.6 Å². The van der Waals surface area contributed by atoms with Gasteiger partial charge in [-0.3, -0.25) is 4.79 Å². The van der Waals surface area contributed by atoms with Crippen molar-refractivity contribution >= 4 is 12.0 Å². The predicted octanol–water partition coefficient (Wildman–Crippen LogP) is 3.71. The lowest BCUT2D eigenvalue weighted by Gasteiger charge is -2.21. The fourth-order valence-corrected chi connectivity index (χ4v) is 3.41. The van der Waals surface area contributed by atoms with E-state index in [9.17, 15) is 4.79 Å². The third-order valence-electron chi connectivity index (χ3n) is 4.73. The van der Waals surface area contributed by atoms with Gasteiger partial charge in [0.05, 0.1) is 7.11 Å². The summed E-state index contributed by atoms with van der Waals surface area (Å²) in [6.07, 6.45) is 11.8. The van der Waals surface area contributed by atoms with Crippen LogP contribution in [0.4, 0.5) is 0 Å². The van der Waals surface area contributed by atoms with E-state index in [2.05, 4.69) is 5.32 Å². The molecule has 1 heterocycles. The van der Waals surface area contributed by atoms with Crippen molar-refractivity contribution in [2.24, 2.45) is 0 Å². The summed E-state index contributed by atoms with van der Waals surface area (Å²) >= 11 is 0. The SMILES string of the molecule is COc1cc(/C=C/C(=O)NC2CCCCCCC2)cc2c1OCCO2. The summed E-state index contributed by atoms with van der Waals surface area (Å²) in [7, 11) is 1.60. The molecule has 1 fully saturated rings. The van der Waals surface area contributed by atoms with Crippen molar-refractivity contribution in [3.8, 4) is 17.2 Å². The van der Waals surface area contributed by atoms with Crippen molar-refractivity contribution in [1.29, 1.82) is 0 Å². The largest absolute Gasteiger partial charge is 0.493 e. The Morgan fingerprint density at radius 2 is 1.84 bits per heavy atom. The molecule has 136 valence electrons. The third-order valence-corrected chi connectivity index (χ3v) is 4.73. The van der Waals surface area contributed by atoms with Crippen LogP contribution >= 0.6 is 0 Å². The van der Waals surface area contributed by atoms with E-state index in [1.165, 1.54) is 32.1 Å². The topological polar surface area (TPSA) is 56.8 Å². The molecule has 0 atom stereocenters. The molecule has 3 rings (SSSR count). The Balaban J connectivity index is 1.63. The van der Waals surface area contributed by atoms with Crippen molar-refractivity contribution in [3.05, 3.63) is 23.8 Å². The number of amides is 1. The average molecular weight is 345 g/mol. The molecule has 2 aliphatic rings. The molecule has 0 unspecified atom stereocenters. The smallest absolute Gasteiger partial charge is 0.244 e. The minimum absolute atomic E-state index is 0.0422. The van der Waals surface area contributed by atoms with Crippen LogP contribution in [0, 0.1) is 0 Å². The number of methoxy groups -OCH3 is 1. The molecule has 0 bridgehead atoms. The normalized spacial score (nSPS) is 18.4. The second-order valence-electron chi connectivity index (χ2n) is 6.63. The van der Waals surface area contributed by atoms with E-state index >= 15 is 0 Å². The summed E-state index contributed by atoms with van der Waals surface area (Å²) < 4.78 is 16.6. The number of benzene rings is 1. The fraction of sp³-hybridized carbons (Fsp3) is 0.550. The molecular weight excluding hydrogens is 318 g/mol. The molecule has 0 radical (unpaired) electrons. The molecule has 1 aromatic rings. The molecule has 0 saturated heterocycles. The first kappa shape index (κ1) is 17.6. The lowest BCUT2D eigenvalue weighted by molar-refractivity contribution is -0.117. The van der Waals surface area contributed by atoms with E-state index in [0.29, 0.717) is 36.5 Å². The molecule has 0 aromatic heterocycles. The zero-order valence-electron chi connectivity index (χ0n) is 14.9. The van der Waals surface area contributed by atoms with Gasteiger partial charge in [-0.1, -0.05) is 32.1 Å². The van der Waals surface area contributed by atoms with Crippen LogP contribution in [0.1, 0.15) is 50.5 Å². The van der Waals surface area contributed by atoms with Gasteiger partial charge in [-0.15, -0.1) is 0 Å². The van der Waals surface area contributed by atoms with Gasteiger partial charge in [0.1, 0.15) is 13.2 Å². The molecule has 5 heteroatoms. The molecule has 5 nitrogen and oxygen atoms in total. The Kier molecular flexibility index (Phi) is 6.20. The maximum Gasteiger partial charge on any atom is 0.244 e. The molecule has 1 aliphatic heterocycles. The lowest BCUT2D eigenvalue weighted by Crippen LogP contribution is -2.34. The second-order valence-corrected chi connectivity index (χ2v) is 6.63. The van der Waals surface area contributed by atoms with Crippen LogP contribution in [0.15, 0.2) is 18.2 Å². The van der Waals surface area contributed by atoms with Gasteiger partial charge in [0.2, 0.25) is 11.7 Å². The van der Waals surface area contributed by atoms with E-state index in [-0.39, 0.29) is 5.91 Å². The number of ether oxygens (including phenoxy) is 3. The lowest BCUT2D eigenvalue weighted by atomic mass is 9.97. The summed E-state index contributed by atoms with van der Waals surface area (Å²) in [5, 5.41) is 3.13. The number of carbonyl (C=O) groups is 1. The summed E-state index contributed by atoms with van der Waals surface area (Å²) in [5.74, 6) is 1.87. The quantitative estimate of drug-likeness (QED) is 0.845. The van der Waals surface area contributed by atoms with E-state index in [0.717, 1.165) is 18.4 Å². The third kappa shape index (κ3) is 4.91. The Morgan fingerprint density at radius 3 is 2.60 bits per heavy atom. The van der Waals surface area contributed by atoms with Crippen molar-refractivity contribution in [1.82, 2.24) is 5.32 Å². The van der Waals surface area contributed by atoms with Crippen LogP contribution in [0.25, 0.3) is 6.08 Å². The highest BCUT2D eigenvalue weighted by atomic mass is 16.6. The van der Waals surface area contributed by atoms with Crippen molar-refractivity contribution in [2.75, 3.05) is 20.3 Å². The van der Waals surface area contributed by atoms with Crippen molar-refractivity contribution in [3.63, 3.8) is 0 Å². The number of fused-ring (bicyclic) bond motifs is 1. The summed E-state index contributed by atoms with van der Waals surface area (Å²) in [6.45, 7) is 1.04. The van der Waals surface area contributed by atoms with Gasteiger partial charge < -0.3 is 19.5 Å². The highest BCUT2D eigenvalue weighted by Crippen LogP contribution is 2.40. The maximum absolute atomic E-state index is 12.2. The van der Waals surface area contributed by atoms with Crippen LogP contribution < -0.4 is 19.5 Å². The van der Waals surface area contributed by atoms with Gasteiger partial charge in [-0.25, -0.2) is 0 Å². The predicted molar refractivity (Wildman–Crippen MR) is 97.3 cm³/mol. The van der Waals surface area contributed by atoms with Crippen LogP contribution in [-0.4, -0.2) is 32.3 Å². The molecule has 25 heavy (non-hydrogen) atoms. The number of nitrogens with one attached hydrogen (secondary N) is 1. The standard InChI is InChI=1S/C20H27NO4/c1-23-17-13-15(14-18-20(17)25-12-11-24-18)9-10-19(22)21-16-7-5-3-2-4-6-8-16/h9-10,13-14,16H,2-8,11-12H2,1H3,(H,21,22)/b10-9+. The van der Waals surface area contributed by atoms with Gasteiger partial charge in [-0.2, -0.15) is 0 Å². The summed E-state index contributed by atoms with van der Waals surface area (Å²) in [4.78, 5) is 12.2. The monoisotopic (exact) mass is 345 g/mol. The van der Waals surface area contributed by atoms with Crippen LogP contribution in [-0.2, 0) is 4.79 Å². The molecule has 1 aromatic carbocycles. The van der Waals surface area contributed by atoms with Crippen molar-refractivity contribution < 1.29 is 19.0 Å². The maximum atomic E-state index is 12.2. The van der Waals surface area contributed by atoms with Gasteiger partial charge in [0.25, 0.3) is 0 Å². The highest BCUT2D eigenvalue weighted by molar-refractivity contribution is 5.92. The Bertz CT molecular complexity index is 601. The fourth-order valence-electron chi connectivity index (χ4n) is 3.41. The number of hydrogen-bond donors (Lipinski definition) is 1. The molecule has 1 N–H and O–H groups in total. The minimum atomic E-state index is -0.0422. The number of carbonyl (C=O) groups excluding carboxylic acids is 1. The Labute approximate surface area is 149 Å². The van der Waals surface area contributed by atoms with E-state index in [1.54, 1.807) is 19.3 Å². The number of hydrogen-bond acceptors (Lipinski definition) is 4. The Hall–Kier alpha value is -2.17. The van der Waals surface area contributed by atoms with E-state index < -0.39 is 0 Å². The van der Waals surface area contributed by atoms with Crippen LogP contribution in [0.2, 0.25) is 0 Å². The molecule has 1 amide bonds. The second kappa shape index (κ2) is 8.79. The van der Waals surface area contributed by atoms with Gasteiger partial charge in [0, 0.05) is 12.1 Å². The highest BCUT2D eigenvalue weighted by Gasteiger charge is 2.18. The molecule has 0 spiro atoms. The van der Waals surface area contributed by atoms with Crippen LogP contribution in [0.3, 0.4) is 0 Å². The van der Waals surface area contributed by atoms with Crippen LogP contribution in [0.5, 0.6) is 17.2 Å². The van der Waals surface area contributed by atoms with Crippen molar-refractivity contribution in [2.45, 2.75) is 51.0 Å². The van der Waals surface area contributed by atoms with E-state index in [4.69, 9.17) is 14.2 Å². The first-order valence-electron chi connectivity index (χ1n) is 9.22. The first-order chi connectivity index (χ1) is 12.3. The number of rotatable bonds is 4. The average Bonchev–Trinajstić information content (AvgIpc) is 2.61. The van der Waals surface area contributed by atoms with E-state index in [1.807, 2.05) is 12.1 Å². The van der Waals surface area contributed by atoms with Gasteiger partial charge >= 0.3 is 0 Å². The molecule has 1 saturated carbocycles. The molecular formula is C20H27NO4. The molecule has 1 aliphatic carbocycles. The summed E-state index contributed by atoms with van der Waals surface area (Å²) in [5.41, 5.74) is 0.855.